The fourth-order valence-electron chi connectivity index (χ4n) is 3.94. The number of nitrogens with one attached hydrogen (secondary N) is 1. The van der Waals surface area contributed by atoms with Crippen molar-refractivity contribution >= 4 is 0 Å². The van der Waals surface area contributed by atoms with E-state index in [1.165, 1.54) is 31.2 Å². The number of rotatable bonds is 5. The molecule has 1 saturated heterocycles. The Kier molecular flexibility index (Phi) is 4.51. The molecule has 0 bridgehead atoms. The van der Waals surface area contributed by atoms with Gasteiger partial charge in [-0.2, -0.15) is 0 Å². The van der Waals surface area contributed by atoms with Gasteiger partial charge in [-0.15, -0.1) is 0 Å². The second-order valence-electron chi connectivity index (χ2n) is 6.38. The fourth-order valence-corrected chi connectivity index (χ4v) is 3.94. The minimum absolute atomic E-state index is 0.193. The van der Waals surface area contributed by atoms with Gasteiger partial charge in [0.2, 0.25) is 0 Å². The zero-order valence-corrected chi connectivity index (χ0v) is 13.2. The van der Waals surface area contributed by atoms with Gasteiger partial charge < -0.3 is 14.8 Å². The number of ether oxygens (including phenoxy) is 2. The first kappa shape index (κ1) is 14.9. The number of hydrogen-bond donors (Lipinski definition) is 1. The fraction of sp³-hybridized carbons (Fsp3) is 0.667. The Hall–Kier alpha value is -1.06. The number of benzene rings is 1. The molecule has 2 unspecified atom stereocenters. The molecule has 3 nitrogen and oxygen atoms in total. The van der Waals surface area contributed by atoms with Crippen LogP contribution >= 0.6 is 0 Å². The van der Waals surface area contributed by atoms with Gasteiger partial charge in [-0.05, 0) is 58.1 Å². The van der Waals surface area contributed by atoms with Gasteiger partial charge in [0.25, 0.3) is 0 Å². The van der Waals surface area contributed by atoms with Crippen LogP contribution < -0.4 is 10.1 Å². The summed E-state index contributed by atoms with van der Waals surface area (Å²) in [6.45, 7) is 3.66. The van der Waals surface area contributed by atoms with E-state index >= 15 is 0 Å². The van der Waals surface area contributed by atoms with Gasteiger partial charge in [-0.25, -0.2) is 0 Å². The summed E-state index contributed by atoms with van der Waals surface area (Å²) in [5.41, 5.74) is 1.49. The average molecular weight is 289 g/mol. The van der Waals surface area contributed by atoms with Crippen LogP contribution in [0.25, 0.3) is 0 Å². The van der Waals surface area contributed by atoms with E-state index in [0.29, 0.717) is 18.6 Å². The Balaban J connectivity index is 1.81. The van der Waals surface area contributed by atoms with Gasteiger partial charge in [0.1, 0.15) is 5.75 Å². The van der Waals surface area contributed by atoms with Gasteiger partial charge in [0, 0.05) is 18.2 Å². The molecule has 1 spiro atoms. The SMILES string of the molecule is CCOc1ccccc1C(NC)C1CCOC2(CCC2)C1. The molecule has 1 aromatic carbocycles. The summed E-state index contributed by atoms with van der Waals surface area (Å²) in [5.74, 6) is 1.65. The lowest BCUT2D eigenvalue weighted by Gasteiger charge is -2.49. The van der Waals surface area contributed by atoms with Gasteiger partial charge in [-0.3, -0.25) is 0 Å². The third-order valence-corrected chi connectivity index (χ3v) is 5.13. The molecule has 1 aliphatic carbocycles. The quantitative estimate of drug-likeness (QED) is 0.896. The predicted octanol–water partition coefficient (Wildman–Crippen LogP) is 3.70. The minimum Gasteiger partial charge on any atom is -0.494 e. The lowest BCUT2D eigenvalue weighted by Crippen LogP contribution is -2.47. The normalized spacial score (nSPS) is 25.3. The molecule has 1 aromatic rings. The molecule has 2 aliphatic rings. The number of hydrogen-bond acceptors (Lipinski definition) is 3. The largest absolute Gasteiger partial charge is 0.494 e. The summed E-state index contributed by atoms with van der Waals surface area (Å²) < 4.78 is 11.9. The van der Waals surface area contributed by atoms with Crippen molar-refractivity contribution in [3.63, 3.8) is 0 Å². The molecule has 3 heteroatoms. The van der Waals surface area contributed by atoms with Crippen molar-refractivity contribution < 1.29 is 9.47 Å². The summed E-state index contributed by atoms with van der Waals surface area (Å²) in [4.78, 5) is 0. The van der Waals surface area contributed by atoms with E-state index < -0.39 is 0 Å². The molecule has 0 amide bonds. The van der Waals surface area contributed by atoms with Crippen LogP contribution in [0.2, 0.25) is 0 Å². The molecule has 116 valence electrons. The van der Waals surface area contributed by atoms with Gasteiger partial charge in [0.15, 0.2) is 0 Å². The first-order valence-electron chi connectivity index (χ1n) is 8.31. The molecule has 0 aromatic heterocycles. The number of para-hydroxylation sites is 1. The molecule has 1 saturated carbocycles. The van der Waals surface area contributed by atoms with Gasteiger partial charge in [0.05, 0.1) is 12.2 Å². The van der Waals surface area contributed by atoms with E-state index in [9.17, 15) is 0 Å². The van der Waals surface area contributed by atoms with E-state index in [2.05, 4.69) is 36.6 Å². The molecule has 1 N–H and O–H groups in total. The maximum Gasteiger partial charge on any atom is 0.124 e. The van der Waals surface area contributed by atoms with Crippen LogP contribution in [-0.2, 0) is 4.74 Å². The zero-order chi connectivity index (χ0) is 14.7. The lowest BCUT2D eigenvalue weighted by atomic mass is 9.69. The smallest absolute Gasteiger partial charge is 0.124 e. The average Bonchev–Trinajstić information content (AvgIpc) is 2.49. The first-order chi connectivity index (χ1) is 10.3. The highest BCUT2D eigenvalue weighted by Gasteiger charge is 2.44. The van der Waals surface area contributed by atoms with Crippen molar-refractivity contribution in [1.82, 2.24) is 5.32 Å². The Morgan fingerprint density at radius 3 is 2.86 bits per heavy atom. The van der Waals surface area contributed by atoms with Crippen molar-refractivity contribution in [2.45, 2.75) is 50.7 Å². The second-order valence-corrected chi connectivity index (χ2v) is 6.38. The Morgan fingerprint density at radius 2 is 2.19 bits per heavy atom. The highest BCUT2D eigenvalue weighted by Crippen LogP contribution is 2.47. The Bertz CT molecular complexity index is 470. The monoisotopic (exact) mass is 289 g/mol. The van der Waals surface area contributed by atoms with Crippen LogP contribution in [0.4, 0.5) is 0 Å². The van der Waals surface area contributed by atoms with E-state index in [0.717, 1.165) is 18.8 Å². The molecular formula is C18H27NO2. The van der Waals surface area contributed by atoms with Crippen LogP contribution in [-0.4, -0.2) is 25.9 Å². The van der Waals surface area contributed by atoms with Gasteiger partial charge >= 0.3 is 0 Å². The molecular weight excluding hydrogens is 262 g/mol. The Labute approximate surface area is 128 Å². The third kappa shape index (κ3) is 2.95. The molecule has 0 radical (unpaired) electrons. The maximum atomic E-state index is 6.08. The van der Waals surface area contributed by atoms with E-state index in [-0.39, 0.29) is 5.60 Å². The molecule has 21 heavy (non-hydrogen) atoms. The van der Waals surface area contributed by atoms with Crippen LogP contribution in [0.1, 0.15) is 50.6 Å². The highest BCUT2D eigenvalue weighted by atomic mass is 16.5. The minimum atomic E-state index is 0.193. The molecule has 1 aliphatic heterocycles. The van der Waals surface area contributed by atoms with Crippen LogP contribution in [0, 0.1) is 5.92 Å². The standard InChI is InChI=1S/C18H27NO2/c1-3-20-16-8-5-4-7-15(16)17(19-2)14-9-12-21-18(13-14)10-6-11-18/h4-5,7-8,14,17,19H,3,6,9-13H2,1-2H3. The van der Waals surface area contributed by atoms with Crippen molar-refractivity contribution in [2.24, 2.45) is 5.92 Å². The summed E-state index contributed by atoms with van der Waals surface area (Å²) in [5, 5.41) is 3.54. The van der Waals surface area contributed by atoms with Crippen molar-refractivity contribution in [3.8, 4) is 5.75 Å². The highest BCUT2D eigenvalue weighted by molar-refractivity contribution is 5.36. The predicted molar refractivity (Wildman–Crippen MR) is 84.7 cm³/mol. The summed E-state index contributed by atoms with van der Waals surface area (Å²) >= 11 is 0. The van der Waals surface area contributed by atoms with Crippen LogP contribution in [0.3, 0.4) is 0 Å². The maximum absolute atomic E-state index is 6.08. The van der Waals surface area contributed by atoms with Crippen LogP contribution in [0.5, 0.6) is 5.75 Å². The molecule has 2 atom stereocenters. The summed E-state index contributed by atoms with van der Waals surface area (Å²) in [6.07, 6.45) is 6.12. The van der Waals surface area contributed by atoms with Gasteiger partial charge in [-0.1, -0.05) is 18.2 Å². The first-order valence-corrected chi connectivity index (χ1v) is 8.31. The summed E-state index contributed by atoms with van der Waals surface area (Å²) in [6, 6.07) is 8.81. The zero-order valence-electron chi connectivity index (χ0n) is 13.2. The van der Waals surface area contributed by atoms with Crippen molar-refractivity contribution in [1.29, 1.82) is 0 Å². The van der Waals surface area contributed by atoms with Crippen molar-refractivity contribution in [3.05, 3.63) is 29.8 Å². The topological polar surface area (TPSA) is 30.5 Å². The van der Waals surface area contributed by atoms with E-state index in [1.54, 1.807) is 0 Å². The molecule has 2 fully saturated rings. The molecule has 1 heterocycles. The van der Waals surface area contributed by atoms with Crippen molar-refractivity contribution in [2.75, 3.05) is 20.3 Å². The van der Waals surface area contributed by atoms with E-state index in [1.807, 2.05) is 6.92 Å². The third-order valence-electron chi connectivity index (χ3n) is 5.13. The Morgan fingerprint density at radius 1 is 1.38 bits per heavy atom. The lowest BCUT2D eigenvalue weighted by molar-refractivity contribution is -0.147. The molecule has 3 rings (SSSR count). The van der Waals surface area contributed by atoms with Crippen LogP contribution in [0.15, 0.2) is 24.3 Å². The second kappa shape index (κ2) is 6.37. The van der Waals surface area contributed by atoms with E-state index in [4.69, 9.17) is 9.47 Å². The summed E-state index contributed by atoms with van der Waals surface area (Å²) in [7, 11) is 2.07.